The topological polar surface area (TPSA) is 96.3 Å². The number of rotatable bonds is 8. The first-order valence-corrected chi connectivity index (χ1v) is 16.4. The zero-order valence-corrected chi connectivity index (χ0v) is 26.7. The van der Waals surface area contributed by atoms with Crippen LogP contribution in [0.2, 0.25) is 0 Å². The van der Waals surface area contributed by atoms with E-state index in [-0.39, 0.29) is 11.4 Å². The maximum atomic E-state index is 13.1. The number of hydrogen-bond acceptors (Lipinski definition) is 4. The van der Waals surface area contributed by atoms with Crippen molar-refractivity contribution in [2.24, 2.45) is 5.92 Å². The Bertz CT molecular complexity index is 1730. The number of urea groups is 1. The number of hydrogen-bond donors (Lipinski definition) is 2. The van der Waals surface area contributed by atoms with Crippen LogP contribution in [0.25, 0.3) is 11.8 Å². The lowest BCUT2D eigenvalue weighted by Crippen LogP contribution is -2.38. The van der Waals surface area contributed by atoms with Gasteiger partial charge in [0.1, 0.15) is 5.82 Å². The summed E-state index contributed by atoms with van der Waals surface area (Å²) in [6, 6.07) is 24.3. The molecule has 1 aliphatic rings. The average Bonchev–Trinajstić information content (AvgIpc) is 3.42. The highest BCUT2D eigenvalue weighted by Gasteiger charge is 2.29. The number of aromatic nitrogens is 2. The smallest absolute Gasteiger partial charge is 0.308 e. The lowest BCUT2D eigenvalue weighted by atomic mass is 9.91. The summed E-state index contributed by atoms with van der Waals surface area (Å²) in [5.74, 6) is 0.944. The predicted octanol–water partition coefficient (Wildman–Crippen LogP) is 7.41. The van der Waals surface area contributed by atoms with Gasteiger partial charge in [-0.15, -0.1) is 0 Å². The maximum absolute atomic E-state index is 13.1. The van der Waals surface area contributed by atoms with Gasteiger partial charge >= 0.3 is 6.03 Å². The fraction of sp³-hybridized carbons (Fsp3) is 0.314. The Hall–Kier alpha value is -4.21. The minimum absolute atomic E-state index is 0.186. The molecule has 1 aliphatic heterocycles. The van der Waals surface area contributed by atoms with Crippen LogP contribution in [-0.4, -0.2) is 41.6 Å². The second kappa shape index (κ2) is 12.8. The van der Waals surface area contributed by atoms with Crippen molar-refractivity contribution in [1.82, 2.24) is 14.1 Å². The summed E-state index contributed by atoms with van der Waals surface area (Å²) in [6.07, 6.45) is 4.07. The summed E-state index contributed by atoms with van der Waals surface area (Å²) in [6.45, 7) is 13.0. The molecule has 2 N–H and O–H groups in total. The van der Waals surface area contributed by atoms with Gasteiger partial charge in [0, 0.05) is 30.3 Å². The second-order valence-electron chi connectivity index (χ2n) is 12.5. The van der Waals surface area contributed by atoms with Gasteiger partial charge in [-0.1, -0.05) is 75.4 Å². The lowest BCUT2D eigenvalue weighted by molar-refractivity contribution is 0.262. The van der Waals surface area contributed by atoms with Crippen molar-refractivity contribution in [2.45, 2.75) is 57.3 Å². The van der Waals surface area contributed by atoms with Gasteiger partial charge in [0.2, 0.25) is 10.0 Å². The van der Waals surface area contributed by atoms with E-state index in [0.717, 1.165) is 47.3 Å². The van der Waals surface area contributed by atoms with Crippen LogP contribution in [0.4, 0.5) is 16.3 Å². The van der Waals surface area contributed by atoms with E-state index in [1.54, 1.807) is 39.3 Å². The fourth-order valence-corrected chi connectivity index (χ4v) is 6.86. The minimum atomic E-state index is -3.52. The molecule has 0 radical (unpaired) electrons. The molecule has 5 rings (SSSR count). The van der Waals surface area contributed by atoms with Crippen molar-refractivity contribution in [3.05, 3.63) is 108 Å². The largest absolute Gasteiger partial charge is 0.324 e. The molecule has 0 bridgehead atoms. The molecule has 230 valence electrons. The molecular formula is C35H41N5O3S. The fourth-order valence-electron chi connectivity index (χ4n) is 5.39. The van der Waals surface area contributed by atoms with E-state index < -0.39 is 10.0 Å². The van der Waals surface area contributed by atoms with Crippen molar-refractivity contribution in [3.63, 3.8) is 0 Å². The van der Waals surface area contributed by atoms with Gasteiger partial charge < -0.3 is 5.32 Å². The van der Waals surface area contributed by atoms with Crippen LogP contribution in [0, 0.1) is 12.8 Å². The first-order valence-electron chi connectivity index (χ1n) is 15.0. The van der Waals surface area contributed by atoms with Gasteiger partial charge in [-0.2, -0.15) is 9.40 Å². The Balaban J connectivity index is 1.21. The molecule has 2 amide bonds. The number of carbonyl (C=O) groups excluding carboxylic acids is 1. The van der Waals surface area contributed by atoms with Gasteiger partial charge in [-0.25, -0.2) is 17.9 Å². The normalized spacial score (nSPS) is 14.7. The Labute approximate surface area is 260 Å². The lowest BCUT2D eigenvalue weighted by Gasteiger charge is -2.31. The van der Waals surface area contributed by atoms with Crippen LogP contribution in [0.3, 0.4) is 0 Å². The van der Waals surface area contributed by atoms with Crippen LogP contribution < -0.4 is 10.6 Å². The third-order valence-electron chi connectivity index (χ3n) is 8.03. The van der Waals surface area contributed by atoms with E-state index in [1.807, 2.05) is 55.5 Å². The summed E-state index contributed by atoms with van der Waals surface area (Å²) in [5.41, 5.74) is 5.39. The highest BCUT2D eigenvalue weighted by atomic mass is 32.2. The highest BCUT2D eigenvalue weighted by Crippen LogP contribution is 2.29. The van der Waals surface area contributed by atoms with Crippen molar-refractivity contribution >= 4 is 33.6 Å². The molecule has 0 atom stereocenters. The number of amides is 2. The van der Waals surface area contributed by atoms with Crippen LogP contribution >= 0.6 is 0 Å². The number of aryl methyl sites for hydroxylation is 1. The molecular weight excluding hydrogens is 570 g/mol. The quantitative estimate of drug-likeness (QED) is 0.217. The molecule has 0 aliphatic carbocycles. The Morgan fingerprint density at radius 3 is 2.30 bits per heavy atom. The van der Waals surface area contributed by atoms with Crippen LogP contribution in [-0.2, 0) is 21.9 Å². The minimum Gasteiger partial charge on any atom is -0.308 e. The van der Waals surface area contributed by atoms with Crippen LogP contribution in [0.5, 0.6) is 0 Å². The molecule has 0 unspecified atom stereocenters. The predicted molar refractivity (Wildman–Crippen MR) is 178 cm³/mol. The molecule has 1 aromatic heterocycles. The Kier molecular flexibility index (Phi) is 9.08. The first-order chi connectivity index (χ1) is 20.9. The summed E-state index contributed by atoms with van der Waals surface area (Å²) in [4.78, 5) is 13.4. The summed E-state index contributed by atoms with van der Waals surface area (Å²) < 4.78 is 29.6. The standard InChI is InChI=1S/C35H41N5O3S/c1-6-26-12-16-31(17-13-26)44(42,43)39-20-18-27(19-21-39)22-28-8-7-9-29(23-28)36-34(41)37-33-24-32(35(3,4)5)38-40(33)30-14-10-25(2)11-15-30/h6-17,23-24,27H,1,18-22H2,2-5H3,(H2,36,37,41). The first kappa shape index (κ1) is 31.2. The van der Waals surface area contributed by atoms with Gasteiger partial charge in [-0.05, 0) is 79.6 Å². The number of sulfonamides is 1. The van der Waals surface area contributed by atoms with E-state index in [9.17, 15) is 13.2 Å². The zero-order valence-electron chi connectivity index (χ0n) is 25.9. The number of piperidine rings is 1. The van der Waals surface area contributed by atoms with Crippen molar-refractivity contribution in [1.29, 1.82) is 0 Å². The number of benzene rings is 3. The number of nitrogens with one attached hydrogen (secondary N) is 2. The van der Waals surface area contributed by atoms with E-state index >= 15 is 0 Å². The SMILES string of the molecule is C=Cc1ccc(S(=O)(=O)N2CCC(Cc3cccc(NC(=O)Nc4cc(C(C)(C)C)nn4-c4ccc(C)cc4)c3)CC2)cc1. The van der Waals surface area contributed by atoms with Crippen molar-refractivity contribution < 1.29 is 13.2 Å². The van der Waals surface area contributed by atoms with Crippen LogP contribution in [0.1, 0.15) is 56.0 Å². The molecule has 0 saturated carbocycles. The van der Waals surface area contributed by atoms with E-state index in [0.29, 0.717) is 35.4 Å². The van der Waals surface area contributed by atoms with E-state index in [4.69, 9.17) is 5.10 Å². The summed E-state index contributed by atoms with van der Waals surface area (Å²) in [7, 11) is -3.52. The van der Waals surface area contributed by atoms with E-state index in [2.05, 4.69) is 44.1 Å². The molecule has 8 nitrogen and oxygen atoms in total. The maximum Gasteiger partial charge on any atom is 0.324 e. The molecule has 0 spiro atoms. The molecule has 9 heteroatoms. The van der Waals surface area contributed by atoms with E-state index in [1.165, 1.54) is 0 Å². The molecule has 4 aromatic rings. The highest BCUT2D eigenvalue weighted by molar-refractivity contribution is 7.89. The second-order valence-corrected chi connectivity index (χ2v) is 14.5. The number of anilines is 2. The monoisotopic (exact) mass is 611 g/mol. The molecule has 1 saturated heterocycles. The van der Waals surface area contributed by atoms with Crippen molar-refractivity contribution in [2.75, 3.05) is 23.7 Å². The Morgan fingerprint density at radius 1 is 0.977 bits per heavy atom. The molecule has 1 fully saturated rings. The molecule has 2 heterocycles. The third-order valence-corrected chi connectivity index (χ3v) is 9.95. The Morgan fingerprint density at radius 2 is 1.66 bits per heavy atom. The number of carbonyl (C=O) groups is 1. The van der Waals surface area contributed by atoms with Gasteiger partial charge in [-0.3, -0.25) is 5.32 Å². The summed E-state index contributed by atoms with van der Waals surface area (Å²) in [5, 5.41) is 10.8. The van der Waals surface area contributed by atoms with Gasteiger partial charge in [0.15, 0.2) is 0 Å². The van der Waals surface area contributed by atoms with Crippen molar-refractivity contribution in [3.8, 4) is 5.69 Å². The molecule has 3 aromatic carbocycles. The molecule has 44 heavy (non-hydrogen) atoms. The summed E-state index contributed by atoms with van der Waals surface area (Å²) >= 11 is 0. The van der Waals surface area contributed by atoms with Crippen LogP contribution in [0.15, 0.2) is 90.3 Å². The van der Waals surface area contributed by atoms with Gasteiger partial charge in [0.05, 0.1) is 16.3 Å². The number of nitrogens with zero attached hydrogens (tertiary/aromatic N) is 3. The van der Waals surface area contributed by atoms with Gasteiger partial charge in [0.25, 0.3) is 0 Å². The third kappa shape index (κ3) is 7.29. The zero-order chi connectivity index (χ0) is 31.5. The average molecular weight is 612 g/mol.